The fourth-order valence-corrected chi connectivity index (χ4v) is 3.48. The minimum absolute atomic E-state index is 0.00318. The number of hydrogen-bond acceptors (Lipinski definition) is 8. The number of nitrogens with two attached hydrogens (primary N) is 2. The maximum absolute atomic E-state index is 12.2. The average molecular weight is 421 g/mol. The number of carbonyl (C=O) groups is 2. The summed E-state index contributed by atoms with van der Waals surface area (Å²) in [4.78, 5) is 24.2. The third kappa shape index (κ3) is 6.28. The highest BCUT2D eigenvalue weighted by atomic mass is 32.2. The molecule has 0 aromatic heterocycles. The van der Waals surface area contributed by atoms with E-state index < -0.39 is 34.5 Å². The Hall–Kier alpha value is -2.95. The van der Waals surface area contributed by atoms with E-state index in [9.17, 15) is 18.0 Å². The molecule has 0 amide bonds. The lowest BCUT2D eigenvalue weighted by atomic mass is 10.1. The van der Waals surface area contributed by atoms with Crippen LogP contribution in [0.1, 0.15) is 30.1 Å². The largest absolute Gasteiger partial charge is 0.491 e. The van der Waals surface area contributed by atoms with Gasteiger partial charge in [0.1, 0.15) is 5.75 Å². The van der Waals surface area contributed by atoms with Gasteiger partial charge in [-0.25, -0.2) is 13.2 Å². The molecule has 0 aliphatic carbocycles. The standard InChI is InChI=1S/C19H23N3O6S/c1-2-11-27-15-10-6-9-14(18(15)21)19(24)28-17(23)12-16(20)22-29(25,26)13-7-4-3-5-8-13/h3-10,16,22H,2,11-12,20-21H2,1H3. The second kappa shape index (κ2) is 10.0. The summed E-state index contributed by atoms with van der Waals surface area (Å²) in [6.45, 7) is 2.33. The van der Waals surface area contributed by atoms with Crippen molar-refractivity contribution < 1.29 is 27.5 Å². The second-order valence-corrected chi connectivity index (χ2v) is 7.79. The Kier molecular flexibility index (Phi) is 7.71. The summed E-state index contributed by atoms with van der Waals surface area (Å²) >= 11 is 0. The van der Waals surface area contributed by atoms with E-state index in [0.717, 1.165) is 6.42 Å². The number of carbonyl (C=O) groups excluding carboxylic acids is 2. The first-order valence-corrected chi connectivity index (χ1v) is 10.3. The first-order valence-electron chi connectivity index (χ1n) is 8.84. The number of para-hydroxylation sites is 1. The van der Waals surface area contributed by atoms with Gasteiger partial charge in [-0.05, 0) is 30.7 Å². The maximum atomic E-state index is 12.2. The third-order valence-corrected chi connectivity index (χ3v) is 5.21. The Morgan fingerprint density at radius 1 is 1.10 bits per heavy atom. The van der Waals surface area contributed by atoms with Crippen molar-refractivity contribution in [1.29, 1.82) is 0 Å². The van der Waals surface area contributed by atoms with E-state index in [1.807, 2.05) is 6.92 Å². The number of esters is 2. The molecule has 0 radical (unpaired) electrons. The fraction of sp³-hybridized carbons (Fsp3) is 0.263. The molecule has 29 heavy (non-hydrogen) atoms. The summed E-state index contributed by atoms with van der Waals surface area (Å²) < 4.78 is 36.7. The Balaban J connectivity index is 1.97. The highest BCUT2D eigenvalue weighted by molar-refractivity contribution is 7.89. The number of anilines is 1. The molecule has 1 unspecified atom stereocenters. The van der Waals surface area contributed by atoms with Gasteiger partial charge in [-0.2, -0.15) is 4.72 Å². The number of benzene rings is 2. The van der Waals surface area contributed by atoms with E-state index >= 15 is 0 Å². The number of nitrogen functional groups attached to an aromatic ring is 1. The molecule has 1 atom stereocenters. The van der Waals surface area contributed by atoms with Crippen LogP contribution in [0.15, 0.2) is 53.4 Å². The number of ether oxygens (including phenoxy) is 2. The summed E-state index contributed by atoms with van der Waals surface area (Å²) in [5, 5.41) is 0. The fourth-order valence-electron chi connectivity index (χ4n) is 2.35. The molecule has 0 heterocycles. The molecule has 2 aromatic rings. The Bertz CT molecular complexity index is 963. The van der Waals surface area contributed by atoms with Crippen LogP contribution in [0.2, 0.25) is 0 Å². The summed E-state index contributed by atoms with van der Waals surface area (Å²) in [6.07, 6.45) is -1.08. The van der Waals surface area contributed by atoms with E-state index in [2.05, 4.69) is 4.72 Å². The number of rotatable bonds is 9. The van der Waals surface area contributed by atoms with E-state index in [1.54, 1.807) is 30.3 Å². The minimum atomic E-state index is -3.91. The zero-order valence-electron chi connectivity index (χ0n) is 15.8. The SMILES string of the molecule is CCCOc1cccc(C(=O)OC(=O)CC(N)NS(=O)(=O)c2ccccc2)c1N. The smallest absolute Gasteiger partial charge is 0.348 e. The van der Waals surface area contributed by atoms with Gasteiger partial charge in [0.05, 0.1) is 35.3 Å². The molecule has 0 aliphatic rings. The second-order valence-electron chi connectivity index (χ2n) is 6.07. The molecular weight excluding hydrogens is 398 g/mol. The monoisotopic (exact) mass is 421 g/mol. The van der Waals surface area contributed by atoms with Gasteiger partial charge in [0.15, 0.2) is 0 Å². The lowest BCUT2D eigenvalue weighted by Gasteiger charge is -2.14. The van der Waals surface area contributed by atoms with Crippen LogP contribution in [0.3, 0.4) is 0 Å². The quantitative estimate of drug-likeness (QED) is 0.238. The summed E-state index contributed by atoms with van der Waals surface area (Å²) in [6, 6.07) is 12.1. The molecule has 0 bridgehead atoms. The van der Waals surface area contributed by atoms with Gasteiger partial charge in [-0.3, -0.25) is 4.79 Å². The predicted octanol–water partition coefficient (Wildman–Crippen LogP) is 1.39. The third-order valence-electron chi connectivity index (χ3n) is 3.70. The van der Waals surface area contributed by atoms with Crippen LogP contribution >= 0.6 is 0 Å². The van der Waals surface area contributed by atoms with Crippen LogP contribution in [-0.4, -0.2) is 33.1 Å². The van der Waals surface area contributed by atoms with Crippen LogP contribution in [0, 0.1) is 0 Å². The van der Waals surface area contributed by atoms with Gasteiger partial charge < -0.3 is 20.9 Å². The number of sulfonamides is 1. The van der Waals surface area contributed by atoms with Crippen molar-refractivity contribution in [2.75, 3.05) is 12.3 Å². The van der Waals surface area contributed by atoms with Crippen LogP contribution in [-0.2, 0) is 19.6 Å². The zero-order valence-corrected chi connectivity index (χ0v) is 16.6. The molecule has 10 heteroatoms. The van der Waals surface area contributed by atoms with Crippen molar-refractivity contribution in [2.45, 2.75) is 30.8 Å². The molecule has 0 aliphatic heterocycles. The number of hydrogen-bond donors (Lipinski definition) is 3. The Labute approximate surface area is 169 Å². The zero-order chi connectivity index (χ0) is 21.4. The van der Waals surface area contributed by atoms with E-state index in [0.29, 0.717) is 12.4 Å². The van der Waals surface area contributed by atoms with Crippen LogP contribution < -0.4 is 20.9 Å². The summed E-state index contributed by atoms with van der Waals surface area (Å²) in [7, 11) is -3.91. The van der Waals surface area contributed by atoms with Crippen molar-refractivity contribution in [3.63, 3.8) is 0 Å². The van der Waals surface area contributed by atoms with Crippen molar-refractivity contribution in [3.05, 3.63) is 54.1 Å². The van der Waals surface area contributed by atoms with Gasteiger partial charge in [0, 0.05) is 0 Å². The minimum Gasteiger partial charge on any atom is -0.491 e. The van der Waals surface area contributed by atoms with E-state index in [1.165, 1.54) is 18.2 Å². The topological polar surface area (TPSA) is 151 Å². The molecule has 156 valence electrons. The van der Waals surface area contributed by atoms with Crippen molar-refractivity contribution in [3.8, 4) is 5.75 Å². The van der Waals surface area contributed by atoms with E-state index in [-0.39, 0.29) is 16.1 Å². The van der Waals surface area contributed by atoms with Gasteiger partial charge in [0.25, 0.3) is 0 Å². The molecule has 0 spiro atoms. The highest BCUT2D eigenvalue weighted by Gasteiger charge is 2.23. The van der Waals surface area contributed by atoms with Gasteiger partial charge in [0.2, 0.25) is 10.0 Å². The molecule has 5 N–H and O–H groups in total. The maximum Gasteiger partial charge on any atom is 0.348 e. The molecular formula is C19H23N3O6S. The molecule has 0 saturated heterocycles. The first kappa shape index (κ1) is 22.3. The van der Waals surface area contributed by atoms with Crippen molar-refractivity contribution >= 4 is 27.6 Å². The predicted molar refractivity (Wildman–Crippen MR) is 106 cm³/mol. The highest BCUT2D eigenvalue weighted by Crippen LogP contribution is 2.26. The first-order chi connectivity index (χ1) is 13.7. The lowest BCUT2D eigenvalue weighted by Crippen LogP contribution is -2.43. The van der Waals surface area contributed by atoms with Gasteiger partial charge >= 0.3 is 11.9 Å². The Morgan fingerprint density at radius 3 is 2.45 bits per heavy atom. The van der Waals surface area contributed by atoms with Crippen LogP contribution in [0.25, 0.3) is 0 Å². The molecule has 0 fully saturated rings. The van der Waals surface area contributed by atoms with Gasteiger partial charge in [-0.1, -0.05) is 31.2 Å². The molecule has 0 saturated carbocycles. The van der Waals surface area contributed by atoms with Crippen molar-refractivity contribution in [1.82, 2.24) is 4.72 Å². The van der Waals surface area contributed by atoms with Crippen LogP contribution in [0.4, 0.5) is 5.69 Å². The summed E-state index contributed by atoms with van der Waals surface area (Å²) in [5.74, 6) is -1.67. The number of nitrogens with one attached hydrogen (secondary N) is 1. The van der Waals surface area contributed by atoms with Crippen molar-refractivity contribution in [2.24, 2.45) is 5.73 Å². The van der Waals surface area contributed by atoms with E-state index in [4.69, 9.17) is 20.9 Å². The molecule has 2 aromatic carbocycles. The van der Waals surface area contributed by atoms with Gasteiger partial charge in [-0.15, -0.1) is 0 Å². The Morgan fingerprint density at radius 2 is 1.79 bits per heavy atom. The molecule has 2 rings (SSSR count). The molecule has 9 nitrogen and oxygen atoms in total. The summed E-state index contributed by atoms with van der Waals surface area (Å²) in [5.41, 5.74) is 11.6. The normalized spacial score (nSPS) is 12.2. The average Bonchev–Trinajstić information content (AvgIpc) is 2.67. The lowest BCUT2D eigenvalue weighted by molar-refractivity contribution is -0.138. The van der Waals surface area contributed by atoms with Crippen LogP contribution in [0.5, 0.6) is 5.75 Å².